The van der Waals surface area contributed by atoms with Crippen molar-refractivity contribution in [2.75, 3.05) is 18.1 Å². The van der Waals surface area contributed by atoms with E-state index in [1.165, 1.54) is 12.8 Å². The zero-order valence-corrected chi connectivity index (χ0v) is 15.9. The Bertz CT molecular complexity index is 812. The molecule has 0 spiro atoms. The number of amides is 2. The summed E-state index contributed by atoms with van der Waals surface area (Å²) in [6.45, 7) is 5.03. The molecule has 1 N–H and O–H groups in total. The van der Waals surface area contributed by atoms with E-state index in [9.17, 15) is 9.59 Å². The number of nitrogens with zero attached hydrogens (tertiary/aromatic N) is 1. The van der Waals surface area contributed by atoms with Crippen LogP contribution >= 0.6 is 0 Å². The quantitative estimate of drug-likeness (QED) is 0.717. The van der Waals surface area contributed by atoms with Crippen LogP contribution in [0, 0.1) is 6.92 Å². The Kier molecular flexibility index (Phi) is 6.16. The maximum atomic E-state index is 12.3. The SMILES string of the molecule is CCCCCCNC(=O)c1ccc(CN2C(=O)COc3ccc(C)cc32)o1. The van der Waals surface area contributed by atoms with Crippen molar-refractivity contribution in [3.63, 3.8) is 0 Å². The Labute approximate surface area is 159 Å². The van der Waals surface area contributed by atoms with E-state index in [2.05, 4.69) is 12.2 Å². The lowest BCUT2D eigenvalue weighted by Crippen LogP contribution is -2.38. The number of aryl methyl sites for hydroxylation is 1. The van der Waals surface area contributed by atoms with Gasteiger partial charge in [0.15, 0.2) is 12.4 Å². The minimum Gasteiger partial charge on any atom is -0.482 e. The fourth-order valence-corrected chi connectivity index (χ4v) is 3.07. The van der Waals surface area contributed by atoms with Crippen LogP contribution in [0.4, 0.5) is 5.69 Å². The molecular formula is C21H26N2O4. The lowest BCUT2D eigenvalue weighted by molar-refractivity contribution is -0.121. The molecular weight excluding hydrogens is 344 g/mol. The van der Waals surface area contributed by atoms with Gasteiger partial charge in [-0.1, -0.05) is 32.3 Å². The number of benzene rings is 1. The molecule has 6 nitrogen and oxygen atoms in total. The summed E-state index contributed by atoms with van der Waals surface area (Å²) in [5, 5.41) is 2.87. The standard InChI is InChI=1S/C21H26N2O4/c1-3-4-5-6-11-22-21(25)19-10-8-16(27-19)13-23-17-12-15(2)7-9-18(17)26-14-20(23)24/h7-10,12H,3-6,11,13-14H2,1-2H3,(H,22,25). The summed E-state index contributed by atoms with van der Waals surface area (Å²) in [5.74, 6) is 1.16. The third kappa shape index (κ3) is 4.70. The van der Waals surface area contributed by atoms with Gasteiger partial charge in [-0.05, 0) is 43.2 Å². The van der Waals surface area contributed by atoms with E-state index in [1.807, 2.05) is 25.1 Å². The molecule has 2 aromatic rings. The van der Waals surface area contributed by atoms with E-state index in [0.29, 0.717) is 18.1 Å². The van der Waals surface area contributed by atoms with Crippen LogP contribution < -0.4 is 15.0 Å². The number of fused-ring (bicyclic) bond motifs is 1. The zero-order chi connectivity index (χ0) is 19.2. The van der Waals surface area contributed by atoms with E-state index in [4.69, 9.17) is 9.15 Å². The summed E-state index contributed by atoms with van der Waals surface area (Å²) in [5.41, 5.74) is 1.77. The third-order valence-electron chi connectivity index (χ3n) is 4.57. The molecule has 0 unspecified atom stereocenters. The molecule has 1 aromatic carbocycles. The van der Waals surface area contributed by atoms with Crippen LogP contribution in [0.2, 0.25) is 0 Å². The predicted octanol–water partition coefficient (Wildman–Crippen LogP) is 3.82. The first-order valence-corrected chi connectivity index (χ1v) is 9.49. The number of ether oxygens (including phenoxy) is 1. The normalized spacial score (nSPS) is 13.3. The maximum absolute atomic E-state index is 12.3. The number of nitrogens with one attached hydrogen (secondary N) is 1. The number of carbonyl (C=O) groups excluding carboxylic acids is 2. The lowest BCUT2D eigenvalue weighted by atomic mass is 10.1. The molecule has 2 heterocycles. The highest BCUT2D eigenvalue weighted by molar-refractivity contribution is 5.97. The van der Waals surface area contributed by atoms with Gasteiger partial charge in [-0.25, -0.2) is 0 Å². The van der Waals surface area contributed by atoms with Crippen LogP contribution in [0.5, 0.6) is 5.75 Å². The molecule has 0 saturated heterocycles. The van der Waals surface area contributed by atoms with Gasteiger partial charge < -0.3 is 14.5 Å². The van der Waals surface area contributed by atoms with Crippen molar-refractivity contribution < 1.29 is 18.7 Å². The molecule has 0 saturated carbocycles. The van der Waals surface area contributed by atoms with Gasteiger partial charge in [0, 0.05) is 6.54 Å². The number of anilines is 1. The van der Waals surface area contributed by atoms with Gasteiger partial charge in [-0.15, -0.1) is 0 Å². The zero-order valence-electron chi connectivity index (χ0n) is 15.9. The van der Waals surface area contributed by atoms with E-state index < -0.39 is 0 Å². The van der Waals surface area contributed by atoms with Gasteiger partial charge >= 0.3 is 0 Å². The Morgan fingerprint density at radius 1 is 1.19 bits per heavy atom. The van der Waals surface area contributed by atoms with Gasteiger partial charge in [-0.3, -0.25) is 14.5 Å². The molecule has 144 valence electrons. The molecule has 1 aliphatic rings. The van der Waals surface area contributed by atoms with Gasteiger partial charge in [0.05, 0.1) is 12.2 Å². The second kappa shape index (κ2) is 8.75. The minimum atomic E-state index is -0.220. The molecule has 1 aliphatic heterocycles. The molecule has 0 atom stereocenters. The Hall–Kier alpha value is -2.76. The van der Waals surface area contributed by atoms with Gasteiger partial charge in [-0.2, -0.15) is 0 Å². The van der Waals surface area contributed by atoms with E-state index >= 15 is 0 Å². The van der Waals surface area contributed by atoms with Crippen LogP contribution in [-0.2, 0) is 11.3 Å². The van der Waals surface area contributed by atoms with Crippen LogP contribution in [0.3, 0.4) is 0 Å². The second-order valence-electron chi connectivity index (χ2n) is 6.82. The Balaban J connectivity index is 1.63. The van der Waals surface area contributed by atoms with E-state index in [-0.39, 0.29) is 30.7 Å². The van der Waals surface area contributed by atoms with Crippen LogP contribution in [0.25, 0.3) is 0 Å². The summed E-state index contributed by atoms with van der Waals surface area (Å²) in [6, 6.07) is 9.12. The summed E-state index contributed by atoms with van der Waals surface area (Å²) >= 11 is 0. The van der Waals surface area contributed by atoms with Crippen molar-refractivity contribution in [1.82, 2.24) is 5.32 Å². The van der Waals surface area contributed by atoms with Crippen molar-refractivity contribution in [3.05, 3.63) is 47.4 Å². The first-order valence-electron chi connectivity index (χ1n) is 9.49. The number of unbranched alkanes of at least 4 members (excludes halogenated alkanes) is 3. The molecule has 0 radical (unpaired) electrons. The minimum absolute atomic E-state index is 0.00186. The topological polar surface area (TPSA) is 71.8 Å². The second-order valence-corrected chi connectivity index (χ2v) is 6.82. The van der Waals surface area contributed by atoms with Crippen LogP contribution in [0.1, 0.15) is 54.5 Å². The molecule has 3 rings (SSSR count). The lowest BCUT2D eigenvalue weighted by Gasteiger charge is -2.29. The number of carbonyl (C=O) groups is 2. The first-order chi connectivity index (χ1) is 13.1. The van der Waals surface area contributed by atoms with Crippen molar-refractivity contribution >= 4 is 17.5 Å². The summed E-state index contributed by atoms with van der Waals surface area (Å²) < 4.78 is 11.2. The van der Waals surface area contributed by atoms with E-state index in [0.717, 1.165) is 24.1 Å². The smallest absolute Gasteiger partial charge is 0.286 e. The van der Waals surface area contributed by atoms with Crippen molar-refractivity contribution in [2.24, 2.45) is 0 Å². The van der Waals surface area contributed by atoms with Crippen LogP contribution in [-0.4, -0.2) is 25.0 Å². The highest BCUT2D eigenvalue weighted by Crippen LogP contribution is 2.34. The van der Waals surface area contributed by atoms with E-state index in [1.54, 1.807) is 17.0 Å². The molecule has 0 bridgehead atoms. The Morgan fingerprint density at radius 3 is 2.85 bits per heavy atom. The predicted molar refractivity (Wildman–Crippen MR) is 103 cm³/mol. The number of hydrogen-bond acceptors (Lipinski definition) is 4. The summed E-state index contributed by atoms with van der Waals surface area (Å²) in [6.07, 6.45) is 4.41. The van der Waals surface area contributed by atoms with Gasteiger partial charge in [0.25, 0.3) is 11.8 Å². The summed E-state index contributed by atoms with van der Waals surface area (Å²) in [4.78, 5) is 26.1. The molecule has 2 amide bonds. The molecule has 0 fully saturated rings. The molecule has 27 heavy (non-hydrogen) atoms. The molecule has 6 heteroatoms. The van der Waals surface area contributed by atoms with Gasteiger partial charge in [0.2, 0.25) is 0 Å². The van der Waals surface area contributed by atoms with Crippen molar-refractivity contribution in [1.29, 1.82) is 0 Å². The summed E-state index contributed by atoms with van der Waals surface area (Å²) in [7, 11) is 0. The van der Waals surface area contributed by atoms with Crippen molar-refractivity contribution in [3.8, 4) is 5.75 Å². The first kappa shape index (κ1) is 19.0. The number of hydrogen-bond donors (Lipinski definition) is 1. The maximum Gasteiger partial charge on any atom is 0.286 e. The molecule has 1 aromatic heterocycles. The highest BCUT2D eigenvalue weighted by atomic mass is 16.5. The largest absolute Gasteiger partial charge is 0.482 e. The van der Waals surface area contributed by atoms with Crippen molar-refractivity contribution in [2.45, 2.75) is 46.1 Å². The highest BCUT2D eigenvalue weighted by Gasteiger charge is 2.26. The Morgan fingerprint density at radius 2 is 2.04 bits per heavy atom. The third-order valence-corrected chi connectivity index (χ3v) is 4.57. The fourth-order valence-electron chi connectivity index (χ4n) is 3.07. The fraction of sp³-hybridized carbons (Fsp3) is 0.429. The average Bonchev–Trinajstić information content (AvgIpc) is 3.13. The number of furan rings is 1. The average molecular weight is 370 g/mol. The monoisotopic (exact) mass is 370 g/mol. The number of rotatable bonds is 8. The van der Waals surface area contributed by atoms with Gasteiger partial charge in [0.1, 0.15) is 11.5 Å². The van der Waals surface area contributed by atoms with Crippen LogP contribution in [0.15, 0.2) is 34.7 Å². The molecule has 0 aliphatic carbocycles.